The molecule has 0 spiro atoms. The highest BCUT2D eigenvalue weighted by molar-refractivity contribution is 7.09. The smallest absolute Gasteiger partial charge is 0.279 e. The largest absolute Gasteiger partial charge is 0.494 e. The Morgan fingerprint density at radius 1 is 1.42 bits per heavy atom. The summed E-state index contributed by atoms with van der Waals surface area (Å²) in [5.41, 5.74) is 1.36. The van der Waals surface area contributed by atoms with Crippen molar-refractivity contribution in [1.82, 2.24) is 20.2 Å². The Labute approximate surface area is 142 Å². The number of nitrogens with zero attached hydrogens (tertiary/aromatic N) is 4. The lowest BCUT2D eigenvalue weighted by Crippen LogP contribution is -2.84. The Kier molecular flexibility index (Phi) is 5.14. The van der Waals surface area contributed by atoms with Gasteiger partial charge in [-0.1, -0.05) is 6.07 Å². The lowest BCUT2D eigenvalue weighted by Gasteiger charge is -2.10. The summed E-state index contributed by atoms with van der Waals surface area (Å²) in [6.45, 7) is 1.15. The third-order valence-corrected chi connectivity index (χ3v) is 4.21. The molecule has 2 heterocycles. The molecule has 1 amide bonds. The van der Waals surface area contributed by atoms with Gasteiger partial charge in [-0.3, -0.25) is 4.79 Å². The van der Waals surface area contributed by atoms with E-state index in [9.17, 15) is 4.79 Å². The van der Waals surface area contributed by atoms with Crippen molar-refractivity contribution < 1.29 is 14.8 Å². The first kappa shape index (κ1) is 16.1. The van der Waals surface area contributed by atoms with Crippen molar-refractivity contribution in [2.45, 2.75) is 6.54 Å². The van der Waals surface area contributed by atoms with Gasteiger partial charge in [-0.05, 0) is 34.0 Å². The van der Waals surface area contributed by atoms with Gasteiger partial charge in [0.15, 0.2) is 6.54 Å². The van der Waals surface area contributed by atoms with Crippen molar-refractivity contribution in [2.24, 2.45) is 0 Å². The van der Waals surface area contributed by atoms with Crippen LogP contribution in [0.1, 0.15) is 4.88 Å². The molecule has 0 aliphatic rings. The van der Waals surface area contributed by atoms with Crippen LogP contribution in [0.4, 0.5) is 5.69 Å². The number of nitrogens with one attached hydrogen (secondary N) is 1. The first-order valence-electron chi connectivity index (χ1n) is 7.31. The van der Waals surface area contributed by atoms with E-state index in [1.54, 1.807) is 36.6 Å². The summed E-state index contributed by atoms with van der Waals surface area (Å²) in [5, 5.41) is 17.9. The predicted molar refractivity (Wildman–Crippen MR) is 89.2 cm³/mol. The summed E-state index contributed by atoms with van der Waals surface area (Å²) in [4.78, 5) is 13.3. The van der Waals surface area contributed by atoms with Crippen LogP contribution < -0.4 is 15.4 Å². The van der Waals surface area contributed by atoms with Gasteiger partial charge in [-0.25, -0.2) is 0 Å². The van der Waals surface area contributed by atoms with E-state index in [0.717, 1.165) is 6.54 Å². The number of methoxy groups -OCH3 is 1. The molecule has 8 nitrogen and oxygen atoms in total. The molecule has 3 N–H and O–H groups in total. The summed E-state index contributed by atoms with van der Waals surface area (Å²) in [7, 11) is 1.56. The quantitative estimate of drug-likeness (QED) is 0.647. The first-order chi connectivity index (χ1) is 11.8. The van der Waals surface area contributed by atoms with Gasteiger partial charge in [-0.2, -0.15) is 4.68 Å². The van der Waals surface area contributed by atoms with E-state index in [1.165, 1.54) is 15.9 Å². The zero-order valence-electron chi connectivity index (χ0n) is 13.0. The first-order valence-corrected chi connectivity index (χ1v) is 8.19. The van der Waals surface area contributed by atoms with E-state index >= 15 is 0 Å². The minimum atomic E-state index is -0.0659. The maximum atomic E-state index is 12.0. The highest BCUT2D eigenvalue weighted by Gasteiger charge is 2.10. The lowest BCUT2D eigenvalue weighted by atomic mass is 10.2. The fraction of sp³-hybridized carbons (Fsp3) is 0.200. The van der Waals surface area contributed by atoms with Crippen LogP contribution in [-0.2, 0) is 11.3 Å². The summed E-state index contributed by atoms with van der Waals surface area (Å²) in [6, 6.07) is 9.39. The molecular formula is C15H17N6O2S+. The van der Waals surface area contributed by atoms with Crippen molar-refractivity contribution in [3.8, 4) is 11.4 Å². The van der Waals surface area contributed by atoms with Crippen LogP contribution in [0.2, 0.25) is 0 Å². The fourth-order valence-electron chi connectivity index (χ4n) is 2.20. The number of carbonyl (C=O) groups excluding carboxylic acids is 1. The third kappa shape index (κ3) is 3.94. The SMILES string of the molecule is COc1cc(NC(=O)C[NH2+]Cc2cccs2)ccc1-n1cnnn1. The van der Waals surface area contributed by atoms with Gasteiger partial charge in [0.2, 0.25) is 0 Å². The number of benzene rings is 1. The summed E-state index contributed by atoms with van der Waals surface area (Å²) >= 11 is 1.69. The average Bonchev–Trinajstić information content (AvgIpc) is 3.28. The highest BCUT2D eigenvalue weighted by Crippen LogP contribution is 2.25. The van der Waals surface area contributed by atoms with Gasteiger partial charge in [-0.15, -0.1) is 16.4 Å². The van der Waals surface area contributed by atoms with E-state index in [0.29, 0.717) is 23.7 Å². The van der Waals surface area contributed by atoms with Crippen molar-refractivity contribution in [3.05, 3.63) is 46.9 Å². The molecule has 0 atom stereocenters. The molecule has 0 aliphatic heterocycles. The van der Waals surface area contributed by atoms with Gasteiger partial charge in [0.1, 0.15) is 24.3 Å². The molecule has 3 rings (SSSR count). The Morgan fingerprint density at radius 3 is 3.04 bits per heavy atom. The monoisotopic (exact) mass is 345 g/mol. The Balaban J connectivity index is 1.59. The van der Waals surface area contributed by atoms with Crippen LogP contribution in [-0.4, -0.2) is 39.8 Å². The van der Waals surface area contributed by atoms with Crippen LogP contribution in [0.15, 0.2) is 42.0 Å². The molecule has 0 unspecified atom stereocenters. The molecular weight excluding hydrogens is 328 g/mol. The van der Waals surface area contributed by atoms with E-state index in [2.05, 4.69) is 26.9 Å². The topological polar surface area (TPSA) is 98.5 Å². The second kappa shape index (κ2) is 7.66. The Hall–Kier alpha value is -2.78. The highest BCUT2D eigenvalue weighted by atomic mass is 32.1. The van der Waals surface area contributed by atoms with Gasteiger partial charge < -0.3 is 15.4 Å². The van der Waals surface area contributed by atoms with Gasteiger partial charge in [0, 0.05) is 11.8 Å². The van der Waals surface area contributed by atoms with E-state index in [1.807, 2.05) is 16.8 Å². The van der Waals surface area contributed by atoms with E-state index < -0.39 is 0 Å². The number of hydrogen-bond donors (Lipinski definition) is 2. The predicted octanol–water partition coefficient (Wildman–Crippen LogP) is 0.434. The van der Waals surface area contributed by atoms with Gasteiger partial charge in [0.05, 0.1) is 12.0 Å². The average molecular weight is 345 g/mol. The van der Waals surface area contributed by atoms with Gasteiger partial charge in [0.25, 0.3) is 5.91 Å². The summed E-state index contributed by atoms with van der Waals surface area (Å²) in [5.74, 6) is 0.506. The zero-order valence-corrected chi connectivity index (χ0v) is 13.9. The number of amides is 1. The van der Waals surface area contributed by atoms with Crippen molar-refractivity contribution >= 4 is 22.9 Å². The van der Waals surface area contributed by atoms with Crippen LogP contribution in [0.25, 0.3) is 5.69 Å². The Morgan fingerprint density at radius 2 is 2.33 bits per heavy atom. The number of aromatic nitrogens is 4. The number of tetrazole rings is 1. The molecule has 0 aliphatic carbocycles. The van der Waals surface area contributed by atoms with Crippen LogP contribution >= 0.6 is 11.3 Å². The normalized spacial score (nSPS) is 10.5. The second-order valence-corrected chi connectivity index (χ2v) is 6.00. The number of anilines is 1. The molecule has 9 heteroatoms. The molecule has 24 heavy (non-hydrogen) atoms. The molecule has 3 aromatic rings. The van der Waals surface area contributed by atoms with Crippen molar-refractivity contribution in [3.63, 3.8) is 0 Å². The second-order valence-electron chi connectivity index (χ2n) is 4.97. The minimum absolute atomic E-state index is 0.0659. The minimum Gasteiger partial charge on any atom is -0.494 e. The fourth-order valence-corrected chi connectivity index (χ4v) is 2.91. The number of thiophene rings is 1. The number of ether oxygens (including phenoxy) is 1. The van der Waals surface area contributed by atoms with E-state index in [-0.39, 0.29) is 5.91 Å². The summed E-state index contributed by atoms with van der Waals surface area (Å²) in [6.07, 6.45) is 1.48. The van der Waals surface area contributed by atoms with Crippen LogP contribution in [0.5, 0.6) is 5.75 Å². The molecule has 1 aromatic carbocycles. The van der Waals surface area contributed by atoms with Crippen molar-refractivity contribution in [1.29, 1.82) is 0 Å². The molecule has 0 saturated carbocycles. The van der Waals surface area contributed by atoms with Gasteiger partial charge >= 0.3 is 0 Å². The molecule has 0 saturated heterocycles. The van der Waals surface area contributed by atoms with Crippen molar-refractivity contribution in [2.75, 3.05) is 19.0 Å². The maximum absolute atomic E-state index is 12.0. The lowest BCUT2D eigenvalue weighted by molar-refractivity contribution is -0.659. The van der Waals surface area contributed by atoms with Crippen LogP contribution in [0.3, 0.4) is 0 Å². The zero-order chi connectivity index (χ0) is 16.8. The molecule has 0 radical (unpaired) electrons. The number of carbonyl (C=O) groups is 1. The number of hydrogen-bond acceptors (Lipinski definition) is 6. The Bertz CT molecular complexity index is 788. The number of nitrogens with two attached hydrogens (primary N) is 1. The molecule has 0 bridgehead atoms. The molecule has 124 valence electrons. The number of quaternary nitrogens is 1. The van der Waals surface area contributed by atoms with E-state index in [4.69, 9.17) is 4.74 Å². The molecule has 0 fully saturated rings. The number of rotatable bonds is 7. The third-order valence-electron chi connectivity index (χ3n) is 3.31. The molecule has 2 aromatic heterocycles. The summed E-state index contributed by atoms with van der Waals surface area (Å²) < 4.78 is 6.85. The van der Waals surface area contributed by atoms with Crippen LogP contribution in [0, 0.1) is 0 Å². The maximum Gasteiger partial charge on any atom is 0.279 e. The standard InChI is InChI=1S/C15H16N6O2S/c1-23-14-7-11(4-5-13(14)21-10-17-19-20-21)18-15(22)9-16-8-12-3-2-6-24-12/h2-7,10,16H,8-9H2,1H3,(H,18,22)/p+1.